The smallest absolute Gasteiger partial charge is 0.251 e. The number of nitrogens with zero attached hydrogens (tertiary/aromatic N) is 1. The molecule has 2 aromatic rings. The minimum absolute atomic E-state index is 0.0347. The molecule has 3 nitrogen and oxygen atoms in total. The van der Waals surface area contributed by atoms with E-state index >= 15 is 0 Å². The summed E-state index contributed by atoms with van der Waals surface area (Å²) in [6.07, 6.45) is 0. The summed E-state index contributed by atoms with van der Waals surface area (Å²) in [6, 6.07) is 16.0. The summed E-state index contributed by atoms with van der Waals surface area (Å²) in [5.74, 6) is -0.0347. The van der Waals surface area contributed by atoms with Gasteiger partial charge in [-0.05, 0) is 71.6 Å². The Morgan fingerprint density at radius 3 is 2.50 bits per heavy atom. The van der Waals surface area contributed by atoms with Gasteiger partial charge in [0.15, 0.2) is 0 Å². The van der Waals surface area contributed by atoms with Crippen LogP contribution >= 0.6 is 22.6 Å². The van der Waals surface area contributed by atoms with Crippen LogP contribution < -0.4 is 5.32 Å². The number of benzene rings is 2. The second kappa shape index (κ2) is 8.29. The molecule has 0 atom stereocenters. The third kappa shape index (κ3) is 5.10. The summed E-state index contributed by atoms with van der Waals surface area (Å²) in [5.41, 5.74) is 3.09. The first-order valence-corrected chi connectivity index (χ1v) is 8.46. The van der Waals surface area contributed by atoms with Gasteiger partial charge in [-0.3, -0.25) is 4.79 Å². The van der Waals surface area contributed by atoms with Gasteiger partial charge in [-0.25, -0.2) is 0 Å². The van der Waals surface area contributed by atoms with Crippen LogP contribution in [0.3, 0.4) is 0 Å². The fourth-order valence-corrected chi connectivity index (χ4v) is 2.51. The third-order valence-corrected chi connectivity index (χ3v) is 4.26. The molecule has 0 unspecified atom stereocenters. The minimum atomic E-state index is -0.0347. The van der Waals surface area contributed by atoms with Gasteiger partial charge >= 0.3 is 0 Å². The van der Waals surface area contributed by atoms with E-state index in [9.17, 15) is 4.79 Å². The molecule has 1 N–H and O–H groups in total. The Hall–Kier alpha value is -1.40. The standard InChI is InChI=1S/C18H21IN2O/c1-3-21(2)13-15-6-4-5-14(11-15)12-20-18(22)16-7-9-17(19)10-8-16/h4-11H,3,12-13H2,1-2H3,(H,20,22). The van der Waals surface area contributed by atoms with E-state index in [1.54, 1.807) is 0 Å². The van der Waals surface area contributed by atoms with E-state index in [0.29, 0.717) is 12.1 Å². The zero-order chi connectivity index (χ0) is 15.9. The first-order chi connectivity index (χ1) is 10.6. The van der Waals surface area contributed by atoms with Crippen molar-refractivity contribution in [1.82, 2.24) is 10.2 Å². The average Bonchev–Trinajstić information content (AvgIpc) is 2.53. The molecule has 2 rings (SSSR count). The van der Waals surface area contributed by atoms with Gasteiger partial charge in [0.25, 0.3) is 5.91 Å². The predicted octanol–water partition coefficient (Wildman–Crippen LogP) is 3.67. The van der Waals surface area contributed by atoms with Crippen molar-refractivity contribution in [3.05, 3.63) is 68.8 Å². The van der Waals surface area contributed by atoms with Crippen LogP contribution in [0, 0.1) is 3.57 Å². The molecule has 0 aliphatic heterocycles. The Balaban J connectivity index is 1.95. The number of carbonyl (C=O) groups excluding carboxylic acids is 1. The van der Waals surface area contributed by atoms with Gasteiger partial charge in [-0.1, -0.05) is 31.2 Å². The summed E-state index contributed by atoms with van der Waals surface area (Å²) in [6.45, 7) is 4.64. The van der Waals surface area contributed by atoms with E-state index in [1.807, 2.05) is 36.4 Å². The van der Waals surface area contributed by atoms with Crippen LogP contribution in [0.4, 0.5) is 0 Å². The molecule has 116 valence electrons. The van der Waals surface area contributed by atoms with Crippen LogP contribution in [0.15, 0.2) is 48.5 Å². The van der Waals surface area contributed by atoms with Crippen molar-refractivity contribution < 1.29 is 4.79 Å². The Bertz CT molecular complexity index is 625. The summed E-state index contributed by atoms with van der Waals surface area (Å²) in [7, 11) is 2.10. The zero-order valence-corrected chi connectivity index (χ0v) is 15.1. The molecule has 0 heterocycles. The maximum absolute atomic E-state index is 12.1. The molecular formula is C18H21IN2O. The van der Waals surface area contributed by atoms with Gasteiger partial charge in [-0.15, -0.1) is 0 Å². The molecule has 0 saturated heterocycles. The van der Waals surface area contributed by atoms with Crippen molar-refractivity contribution >= 4 is 28.5 Å². The fraction of sp³-hybridized carbons (Fsp3) is 0.278. The van der Waals surface area contributed by atoms with Crippen LogP contribution in [0.25, 0.3) is 0 Å². The van der Waals surface area contributed by atoms with Crippen LogP contribution in [-0.2, 0) is 13.1 Å². The number of hydrogen-bond acceptors (Lipinski definition) is 2. The second-order valence-corrected chi connectivity index (χ2v) is 6.59. The monoisotopic (exact) mass is 408 g/mol. The van der Waals surface area contributed by atoms with Gasteiger partial charge in [0.1, 0.15) is 0 Å². The predicted molar refractivity (Wildman–Crippen MR) is 98.8 cm³/mol. The van der Waals surface area contributed by atoms with Gasteiger partial charge in [0.2, 0.25) is 0 Å². The molecule has 0 aliphatic carbocycles. The number of amides is 1. The molecule has 0 radical (unpaired) electrons. The molecule has 4 heteroatoms. The highest BCUT2D eigenvalue weighted by Gasteiger charge is 2.05. The largest absolute Gasteiger partial charge is 0.348 e. The Morgan fingerprint density at radius 2 is 1.82 bits per heavy atom. The number of carbonyl (C=O) groups is 1. The number of rotatable bonds is 6. The van der Waals surface area contributed by atoms with Crippen molar-refractivity contribution in [1.29, 1.82) is 0 Å². The third-order valence-electron chi connectivity index (χ3n) is 3.54. The quantitative estimate of drug-likeness (QED) is 0.740. The van der Waals surface area contributed by atoms with Crippen molar-refractivity contribution in [2.45, 2.75) is 20.0 Å². The molecule has 0 saturated carbocycles. The van der Waals surface area contributed by atoms with Crippen LogP contribution in [0.5, 0.6) is 0 Å². The Morgan fingerprint density at radius 1 is 1.14 bits per heavy atom. The van der Waals surface area contributed by atoms with Gasteiger partial charge < -0.3 is 10.2 Å². The highest BCUT2D eigenvalue weighted by atomic mass is 127. The SMILES string of the molecule is CCN(C)Cc1cccc(CNC(=O)c2ccc(I)cc2)c1. The topological polar surface area (TPSA) is 32.3 Å². The number of halogens is 1. The van der Waals surface area contributed by atoms with Crippen LogP contribution in [0.1, 0.15) is 28.4 Å². The fourth-order valence-electron chi connectivity index (χ4n) is 2.15. The molecule has 0 bridgehead atoms. The molecular weight excluding hydrogens is 387 g/mol. The molecule has 1 amide bonds. The molecule has 0 spiro atoms. The zero-order valence-electron chi connectivity index (χ0n) is 13.0. The van der Waals surface area contributed by atoms with Gasteiger partial charge in [0.05, 0.1) is 0 Å². The molecule has 2 aromatic carbocycles. The first kappa shape index (κ1) is 17.0. The average molecular weight is 408 g/mol. The maximum Gasteiger partial charge on any atom is 0.251 e. The summed E-state index contributed by atoms with van der Waals surface area (Å²) in [5, 5.41) is 2.97. The van der Waals surface area contributed by atoms with E-state index in [1.165, 1.54) is 5.56 Å². The van der Waals surface area contributed by atoms with E-state index in [2.05, 4.69) is 58.9 Å². The lowest BCUT2D eigenvalue weighted by Gasteiger charge is -2.14. The Kier molecular flexibility index (Phi) is 6.39. The van der Waals surface area contributed by atoms with Crippen molar-refractivity contribution in [3.63, 3.8) is 0 Å². The van der Waals surface area contributed by atoms with E-state index < -0.39 is 0 Å². The van der Waals surface area contributed by atoms with E-state index in [-0.39, 0.29) is 5.91 Å². The van der Waals surface area contributed by atoms with E-state index in [4.69, 9.17) is 0 Å². The van der Waals surface area contributed by atoms with Gasteiger partial charge in [-0.2, -0.15) is 0 Å². The van der Waals surface area contributed by atoms with Gasteiger partial charge in [0, 0.05) is 22.2 Å². The lowest BCUT2D eigenvalue weighted by atomic mass is 10.1. The Labute approximate surface area is 145 Å². The highest BCUT2D eigenvalue weighted by Crippen LogP contribution is 2.09. The second-order valence-electron chi connectivity index (χ2n) is 5.34. The van der Waals surface area contributed by atoms with Crippen LogP contribution in [-0.4, -0.2) is 24.4 Å². The maximum atomic E-state index is 12.1. The normalized spacial score (nSPS) is 10.7. The minimum Gasteiger partial charge on any atom is -0.348 e. The highest BCUT2D eigenvalue weighted by molar-refractivity contribution is 14.1. The lowest BCUT2D eigenvalue weighted by molar-refractivity contribution is 0.0951. The molecule has 0 fully saturated rings. The first-order valence-electron chi connectivity index (χ1n) is 7.38. The number of hydrogen-bond donors (Lipinski definition) is 1. The summed E-state index contributed by atoms with van der Waals surface area (Å²) < 4.78 is 1.13. The van der Waals surface area contributed by atoms with Crippen molar-refractivity contribution in [2.24, 2.45) is 0 Å². The molecule has 0 aliphatic rings. The summed E-state index contributed by atoms with van der Waals surface area (Å²) in [4.78, 5) is 14.4. The van der Waals surface area contributed by atoms with E-state index in [0.717, 1.165) is 22.2 Å². The van der Waals surface area contributed by atoms with Crippen molar-refractivity contribution in [3.8, 4) is 0 Å². The summed E-state index contributed by atoms with van der Waals surface area (Å²) >= 11 is 2.23. The van der Waals surface area contributed by atoms with Crippen molar-refractivity contribution in [2.75, 3.05) is 13.6 Å². The lowest BCUT2D eigenvalue weighted by Crippen LogP contribution is -2.23. The number of nitrogens with one attached hydrogen (secondary N) is 1. The molecule has 0 aromatic heterocycles. The van der Waals surface area contributed by atoms with Crippen LogP contribution in [0.2, 0.25) is 0 Å². The molecule has 22 heavy (non-hydrogen) atoms.